The molecule has 96 valence electrons. The third-order valence-electron chi connectivity index (χ3n) is 1.69. The average Bonchev–Trinajstić information content (AvgIpc) is 2.15. The highest BCUT2D eigenvalue weighted by Gasteiger charge is 2.21. The number of carbonyl (C=O) groups excluding carboxylic acids is 2. The number of aliphatic carboxylic acids is 2. The van der Waals surface area contributed by atoms with E-state index < -0.39 is 43.3 Å². The highest BCUT2D eigenvalue weighted by molar-refractivity contribution is 5.98. The van der Waals surface area contributed by atoms with Crippen LogP contribution in [0.5, 0.6) is 0 Å². The normalized spacial score (nSPS) is 9.47. The number of hydrogen-bond acceptors (Lipinski definition) is 4. The zero-order valence-corrected chi connectivity index (χ0v) is 9.30. The van der Waals surface area contributed by atoms with Gasteiger partial charge in [0.1, 0.15) is 19.5 Å². The van der Waals surface area contributed by atoms with E-state index in [4.69, 9.17) is 10.2 Å². The maximum atomic E-state index is 11.4. The number of amides is 2. The van der Waals surface area contributed by atoms with E-state index in [1.54, 1.807) is 6.92 Å². The number of rotatable bonds is 7. The van der Waals surface area contributed by atoms with Gasteiger partial charge in [0, 0.05) is 6.54 Å². The number of carboxylic acid groups (broad SMARTS) is 2. The molecule has 0 heterocycles. The van der Waals surface area contributed by atoms with Crippen LogP contribution >= 0.6 is 0 Å². The van der Waals surface area contributed by atoms with Crippen LogP contribution in [0.25, 0.3) is 0 Å². The van der Waals surface area contributed by atoms with E-state index in [9.17, 15) is 19.2 Å². The van der Waals surface area contributed by atoms with Crippen molar-refractivity contribution in [2.45, 2.75) is 13.3 Å². The van der Waals surface area contributed by atoms with E-state index >= 15 is 0 Å². The standard InChI is InChI=1S/C9H14N2O6/c1-2-10-6(12)3-7(13)11(4-8(14)15)5-9(16)17/h2-5H2,1H3,(H,10,12)(H,14,15)(H,16,17). The van der Waals surface area contributed by atoms with E-state index in [0.29, 0.717) is 11.4 Å². The van der Waals surface area contributed by atoms with Crippen LogP contribution < -0.4 is 5.32 Å². The molecule has 0 aromatic carbocycles. The number of hydrogen-bond donors (Lipinski definition) is 3. The molecule has 0 saturated carbocycles. The molecular weight excluding hydrogens is 232 g/mol. The second-order valence-corrected chi connectivity index (χ2v) is 3.17. The van der Waals surface area contributed by atoms with Gasteiger partial charge in [0.15, 0.2) is 0 Å². The van der Waals surface area contributed by atoms with E-state index in [0.717, 1.165) is 0 Å². The SMILES string of the molecule is CCNC(=O)CC(=O)N(CC(=O)O)CC(=O)O. The minimum Gasteiger partial charge on any atom is -0.480 e. The van der Waals surface area contributed by atoms with E-state index in [-0.39, 0.29) is 0 Å². The van der Waals surface area contributed by atoms with Crippen molar-refractivity contribution in [3.63, 3.8) is 0 Å². The lowest BCUT2D eigenvalue weighted by Crippen LogP contribution is -2.41. The van der Waals surface area contributed by atoms with Crippen molar-refractivity contribution < 1.29 is 29.4 Å². The predicted octanol–water partition coefficient (Wildman–Crippen LogP) is -1.49. The molecule has 8 heteroatoms. The lowest BCUT2D eigenvalue weighted by Gasteiger charge is -2.17. The first-order valence-electron chi connectivity index (χ1n) is 4.84. The molecule has 0 bridgehead atoms. The molecule has 0 radical (unpaired) electrons. The summed E-state index contributed by atoms with van der Waals surface area (Å²) in [6, 6.07) is 0. The van der Waals surface area contributed by atoms with Crippen LogP contribution in [-0.4, -0.2) is 58.5 Å². The van der Waals surface area contributed by atoms with Crippen molar-refractivity contribution in [2.75, 3.05) is 19.6 Å². The van der Waals surface area contributed by atoms with E-state index in [1.165, 1.54) is 0 Å². The van der Waals surface area contributed by atoms with Gasteiger partial charge in [-0.15, -0.1) is 0 Å². The zero-order chi connectivity index (χ0) is 13.4. The number of carbonyl (C=O) groups is 4. The van der Waals surface area contributed by atoms with Crippen molar-refractivity contribution in [2.24, 2.45) is 0 Å². The molecule has 0 aliphatic carbocycles. The summed E-state index contributed by atoms with van der Waals surface area (Å²) in [4.78, 5) is 44.0. The molecular formula is C9H14N2O6. The minimum absolute atomic E-state index is 0.337. The van der Waals surface area contributed by atoms with Crippen molar-refractivity contribution in [3.05, 3.63) is 0 Å². The van der Waals surface area contributed by atoms with Gasteiger partial charge in [-0.05, 0) is 6.92 Å². The molecule has 0 rings (SSSR count). The van der Waals surface area contributed by atoms with Crippen molar-refractivity contribution >= 4 is 23.8 Å². The van der Waals surface area contributed by atoms with Crippen molar-refractivity contribution in [3.8, 4) is 0 Å². The Balaban J connectivity index is 4.46. The van der Waals surface area contributed by atoms with Crippen LogP contribution in [0.3, 0.4) is 0 Å². The second-order valence-electron chi connectivity index (χ2n) is 3.17. The molecule has 17 heavy (non-hydrogen) atoms. The summed E-state index contributed by atoms with van der Waals surface area (Å²) in [5.41, 5.74) is 0. The zero-order valence-electron chi connectivity index (χ0n) is 9.30. The number of nitrogens with one attached hydrogen (secondary N) is 1. The summed E-state index contributed by atoms with van der Waals surface area (Å²) in [5, 5.41) is 19.3. The van der Waals surface area contributed by atoms with Crippen LogP contribution in [0.4, 0.5) is 0 Å². The van der Waals surface area contributed by atoms with E-state index in [2.05, 4.69) is 5.32 Å². The van der Waals surface area contributed by atoms with Gasteiger partial charge in [-0.2, -0.15) is 0 Å². The molecule has 0 unspecified atom stereocenters. The van der Waals surface area contributed by atoms with Gasteiger partial charge in [-0.25, -0.2) is 0 Å². The van der Waals surface area contributed by atoms with Crippen molar-refractivity contribution in [1.82, 2.24) is 10.2 Å². The van der Waals surface area contributed by atoms with Gasteiger partial charge in [-0.3, -0.25) is 19.2 Å². The monoisotopic (exact) mass is 246 g/mol. The molecule has 0 aromatic heterocycles. The largest absolute Gasteiger partial charge is 0.480 e. The quantitative estimate of drug-likeness (QED) is 0.470. The lowest BCUT2D eigenvalue weighted by atomic mass is 10.3. The predicted molar refractivity (Wildman–Crippen MR) is 55.2 cm³/mol. The fourth-order valence-electron chi connectivity index (χ4n) is 1.07. The van der Waals surface area contributed by atoms with Crippen LogP contribution in [0, 0.1) is 0 Å². The fourth-order valence-corrected chi connectivity index (χ4v) is 1.07. The van der Waals surface area contributed by atoms with Gasteiger partial charge in [-0.1, -0.05) is 0 Å². The molecule has 0 aliphatic rings. The minimum atomic E-state index is -1.34. The third kappa shape index (κ3) is 6.88. The first-order chi connectivity index (χ1) is 7.86. The highest BCUT2D eigenvalue weighted by atomic mass is 16.4. The van der Waals surface area contributed by atoms with Gasteiger partial charge >= 0.3 is 11.9 Å². The number of nitrogens with zero attached hydrogens (tertiary/aromatic N) is 1. The number of carboxylic acids is 2. The van der Waals surface area contributed by atoms with Gasteiger partial charge in [0.2, 0.25) is 11.8 Å². The molecule has 2 amide bonds. The van der Waals surface area contributed by atoms with Crippen LogP contribution in [0.1, 0.15) is 13.3 Å². The molecule has 0 saturated heterocycles. The highest BCUT2D eigenvalue weighted by Crippen LogP contribution is 1.95. The van der Waals surface area contributed by atoms with Gasteiger partial charge < -0.3 is 20.4 Å². The molecule has 0 aliphatic heterocycles. The summed E-state index contributed by atoms with van der Waals surface area (Å²) in [6.45, 7) is 0.508. The van der Waals surface area contributed by atoms with Gasteiger partial charge in [0.25, 0.3) is 0 Å². The first-order valence-corrected chi connectivity index (χ1v) is 4.84. The molecule has 0 fully saturated rings. The smallest absolute Gasteiger partial charge is 0.323 e. The van der Waals surface area contributed by atoms with Crippen LogP contribution in [0.15, 0.2) is 0 Å². The van der Waals surface area contributed by atoms with Crippen LogP contribution in [0.2, 0.25) is 0 Å². The lowest BCUT2D eigenvalue weighted by molar-refractivity contribution is -0.150. The maximum Gasteiger partial charge on any atom is 0.323 e. The van der Waals surface area contributed by atoms with E-state index in [1.807, 2.05) is 0 Å². The molecule has 0 atom stereocenters. The topological polar surface area (TPSA) is 124 Å². The summed E-state index contributed by atoms with van der Waals surface area (Å²) in [5.74, 6) is -4.08. The molecule has 8 nitrogen and oxygen atoms in total. The summed E-state index contributed by atoms with van der Waals surface area (Å²) >= 11 is 0. The molecule has 0 spiro atoms. The summed E-state index contributed by atoms with van der Waals surface area (Å²) < 4.78 is 0. The Morgan fingerprint density at radius 2 is 1.53 bits per heavy atom. The summed E-state index contributed by atoms with van der Waals surface area (Å²) in [7, 11) is 0. The average molecular weight is 246 g/mol. The Morgan fingerprint density at radius 1 is 1.06 bits per heavy atom. The fraction of sp³-hybridized carbons (Fsp3) is 0.556. The summed E-state index contributed by atoms with van der Waals surface area (Å²) in [6.07, 6.45) is -0.561. The molecule has 0 aromatic rings. The Morgan fingerprint density at radius 3 is 1.88 bits per heavy atom. The Bertz CT molecular complexity index is 311. The van der Waals surface area contributed by atoms with Crippen molar-refractivity contribution in [1.29, 1.82) is 0 Å². The maximum absolute atomic E-state index is 11.4. The second kappa shape index (κ2) is 7.20. The van der Waals surface area contributed by atoms with Crippen LogP contribution in [-0.2, 0) is 19.2 Å². The Hall–Kier alpha value is -2.12. The Kier molecular flexibility index (Phi) is 6.30. The Labute approximate surface area is 97.2 Å². The molecule has 3 N–H and O–H groups in total. The first kappa shape index (κ1) is 14.9. The third-order valence-corrected chi connectivity index (χ3v) is 1.69. The van der Waals surface area contributed by atoms with Gasteiger partial charge in [0.05, 0.1) is 0 Å².